The molecule has 0 heterocycles. The van der Waals surface area contributed by atoms with Gasteiger partial charge in [0.25, 0.3) is 0 Å². The second-order valence-electron chi connectivity index (χ2n) is 7.01. The highest BCUT2D eigenvalue weighted by molar-refractivity contribution is 6.39. The molecule has 7 heteroatoms. The third-order valence-corrected chi connectivity index (χ3v) is 3.99. The molecule has 0 aliphatic carbocycles. The lowest BCUT2D eigenvalue weighted by Gasteiger charge is -2.25. The summed E-state index contributed by atoms with van der Waals surface area (Å²) in [4.78, 5) is 11.8. The monoisotopic (exact) mass is 378 g/mol. The van der Waals surface area contributed by atoms with E-state index in [-0.39, 0.29) is 16.0 Å². The van der Waals surface area contributed by atoms with Gasteiger partial charge in [-0.3, -0.25) is 0 Å². The van der Waals surface area contributed by atoms with Crippen molar-refractivity contribution < 1.29 is 13.9 Å². The van der Waals surface area contributed by atoms with E-state index in [1.54, 1.807) is 0 Å². The molecule has 0 spiro atoms. The number of carbonyl (C=O) groups is 1. The fraction of sp³-hybridized carbons (Fsp3) is 0.588. The Balaban J connectivity index is 2.63. The van der Waals surface area contributed by atoms with Crippen molar-refractivity contribution in [1.29, 1.82) is 0 Å². The molecule has 0 radical (unpaired) electrons. The molecule has 0 aliphatic rings. The predicted octanol–water partition coefficient (Wildman–Crippen LogP) is 5.34. The van der Waals surface area contributed by atoms with Gasteiger partial charge in [0, 0.05) is 13.1 Å². The predicted molar refractivity (Wildman–Crippen MR) is 97.5 cm³/mol. The summed E-state index contributed by atoms with van der Waals surface area (Å²) >= 11 is 12.0. The molecular weight excluding hydrogens is 354 g/mol. The third-order valence-electron chi connectivity index (χ3n) is 3.40. The van der Waals surface area contributed by atoms with Crippen LogP contribution in [0.5, 0.6) is 0 Å². The van der Waals surface area contributed by atoms with E-state index in [2.05, 4.69) is 24.5 Å². The summed E-state index contributed by atoms with van der Waals surface area (Å²) in [6.45, 7) is 10.5. The van der Waals surface area contributed by atoms with Gasteiger partial charge in [0.15, 0.2) is 0 Å². The minimum Gasteiger partial charge on any atom is -0.444 e. The first kappa shape index (κ1) is 20.8. The summed E-state index contributed by atoms with van der Waals surface area (Å²) < 4.78 is 18.4. The van der Waals surface area contributed by atoms with Gasteiger partial charge in [0.1, 0.15) is 11.4 Å². The van der Waals surface area contributed by atoms with Crippen molar-refractivity contribution in [2.24, 2.45) is 11.8 Å². The van der Waals surface area contributed by atoms with Crippen LogP contribution < -0.4 is 10.6 Å². The Morgan fingerprint density at radius 2 is 1.75 bits per heavy atom. The van der Waals surface area contributed by atoms with Crippen LogP contribution in [-0.4, -0.2) is 24.8 Å². The zero-order valence-electron chi connectivity index (χ0n) is 14.7. The lowest BCUT2D eigenvalue weighted by Crippen LogP contribution is -2.38. The number of alkyl carbamates (subject to hydrolysis) is 1. The number of benzene rings is 1. The number of hydrogen-bond acceptors (Lipinski definition) is 3. The molecule has 1 aromatic carbocycles. The van der Waals surface area contributed by atoms with Crippen LogP contribution in [0.25, 0.3) is 0 Å². The topological polar surface area (TPSA) is 50.4 Å². The Labute approximate surface area is 153 Å². The van der Waals surface area contributed by atoms with Gasteiger partial charge in [0.2, 0.25) is 0 Å². The summed E-state index contributed by atoms with van der Waals surface area (Å²) in [6, 6.07) is 2.41. The normalized spacial score (nSPS) is 12.9. The van der Waals surface area contributed by atoms with E-state index in [0.29, 0.717) is 24.7 Å². The number of amides is 1. The van der Waals surface area contributed by atoms with Crippen LogP contribution in [0.2, 0.25) is 10.0 Å². The molecule has 0 fully saturated rings. The maximum Gasteiger partial charge on any atom is 0.407 e. The van der Waals surface area contributed by atoms with Gasteiger partial charge >= 0.3 is 6.09 Å². The lowest BCUT2D eigenvalue weighted by atomic mass is 9.95. The molecule has 0 aromatic heterocycles. The average Bonchev–Trinajstić information content (AvgIpc) is 2.38. The summed E-state index contributed by atoms with van der Waals surface area (Å²) in [5.41, 5.74) is -0.0483. The Bertz CT molecular complexity index is 551. The molecule has 2 N–H and O–H groups in total. The molecule has 1 atom stereocenters. The highest BCUT2D eigenvalue weighted by Crippen LogP contribution is 2.31. The lowest BCUT2D eigenvalue weighted by molar-refractivity contribution is 0.0516. The number of hydrogen-bond donors (Lipinski definition) is 2. The smallest absolute Gasteiger partial charge is 0.407 e. The Hall–Kier alpha value is -1.20. The van der Waals surface area contributed by atoms with E-state index in [4.69, 9.17) is 27.9 Å². The fourth-order valence-corrected chi connectivity index (χ4v) is 2.61. The van der Waals surface area contributed by atoms with Crippen molar-refractivity contribution in [3.05, 3.63) is 28.0 Å². The van der Waals surface area contributed by atoms with E-state index in [9.17, 15) is 9.18 Å². The van der Waals surface area contributed by atoms with Gasteiger partial charge in [-0.25, -0.2) is 9.18 Å². The van der Waals surface area contributed by atoms with Crippen LogP contribution >= 0.6 is 23.2 Å². The highest BCUT2D eigenvalue weighted by Gasteiger charge is 2.20. The van der Waals surface area contributed by atoms with Crippen LogP contribution in [0.15, 0.2) is 12.1 Å². The van der Waals surface area contributed by atoms with Gasteiger partial charge in [-0.15, -0.1) is 0 Å². The maximum atomic E-state index is 13.2. The number of carbonyl (C=O) groups excluding carboxylic acids is 1. The number of rotatable bonds is 6. The molecule has 1 amide bonds. The van der Waals surface area contributed by atoms with Crippen LogP contribution in [0.3, 0.4) is 0 Å². The molecule has 0 saturated heterocycles. The first-order chi connectivity index (χ1) is 11.0. The zero-order chi connectivity index (χ0) is 18.5. The van der Waals surface area contributed by atoms with Gasteiger partial charge in [-0.2, -0.15) is 0 Å². The Morgan fingerprint density at radius 1 is 1.21 bits per heavy atom. The molecule has 136 valence electrons. The van der Waals surface area contributed by atoms with Gasteiger partial charge in [-0.1, -0.05) is 37.0 Å². The van der Waals surface area contributed by atoms with E-state index < -0.39 is 17.5 Å². The summed E-state index contributed by atoms with van der Waals surface area (Å²) in [7, 11) is 0. The number of ether oxygens (including phenoxy) is 1. The summed E-state index contributed by atoms with van der Waals surface area (Å²) in [5.74, 6) is -0.0670. The molecule has 0 bridgehead atoms. The van der Waals surface area contributed by atoms with Crippen LogP contribution in [0.4, 0.5) is 14.9 Å². The molecule has 4 nitrogen and oxygen atoms in total. The van der Waals surface area contributed by atoms with E-state index in [0.717, 1.165) is 0 Å². The van der Waals surface area contributed by atoms with Crippen LogP contribution in [0.1, 0.15) is 34.6 Å². The largest absolute Gasteiger partial charge is 0.444 e. The van der Waals surface area contributed by atoms with Crippen molar-refractivity contribution in [2.45, 2.75) is 40.2 Å². The number of halogens is 3. The zero-order valence-corrected chi connectivity index (χ0v) is 16.2. The van der Waals surface area contributed by atoms with Crippen molar-refractivity contribution in [3.63, 3.8) is 0 Å². The van der Waals surface area contributed by atoms with Gasteiger partial charge < -0.3 is 15.4 Å². The summed E-state index contributed by atoms with van der Waals surface area (Å²) in [5, 5.41) is 6.36. The molecule has 0 saturated carbocycles. The first-order valence-electron chi connectivity index (χ1n) is 7.85. The van der Waals surface area contributed by atoms with Gasteiger partial charge in [0.05, 0.1) is 15.7 Å². The molecule has 1 unspecified atom stereocenters. The minimum absolute atomic E-state index is 0.120. The molecule has 0 aliphatic heterocycles. The number of nitrogens with one attached hydrogen (secondary N) is 2. The van der Waals surface area contributed by atoms with E-state index in [1.807, 2.05) is 20.8 Å². The quantitative estimate of drug-likeness (QED) is 0.701. The van der Waals surface area contributed by atoms with Crippen molar-refractivity contribution >= 4 is 35.0 Å². The fourth-order valence-electron chi connectivity index (χ4n) is 2.02. The third kappa shape index (κ3) is 7.14. The maximum absolute atomic E-state index is 13.2. The molecule has 24 heavy (non-hydrogen) atoms. The van der Waals surface area contributed by atoms with Crippen molar-refractivity contribution in [3.8, 4) is 0 Å². The molecule has 1 aromatic rings. The SMILES string of the molecule is CC(C)C(CNC(=O)OC(C)(C)C)CNc1c(Cl)cc(F)cc1Cl. The Kier molecular flexibility index (Phi) is 7.61. The van der Waals surface area contributed by atoms with Crippen molar-refractivity contribution in [2.75, 3.05) is 18.4 Å². The number of anilines is 1. The van der Waals surface area contributed by atoms with E-state index >= 15 is 0 Å². The van der Waals surface area contributed by atoms with E-state index in [1.165, 1.54) is 12.1 Å². The van der Waals surface area contributed by atoms with Crippen LogP contribution in [-0.2, 0) is 4.74 Å². The highest BCUT2D eigenvalue weighted by atomic mass is 35.5. The molecule has 1 rings (SSSR count). The Morgan fingerprint density at radius 3 is 2.21 bits per heavy atom. The second kappa shape index (κ2) is 8.77. The minimum atomic E-state index is -0.537. The molecular formula is C17H25Cl2FN2O2. The van der Waals surface area contributed by atoms with Gasteiger partial charge in [-0.05, 0) is 44.7 Å². The standard InChI is InChI=1S/C17H25Cl2FN2O2/c1-10(2)11(9-22-16(23)24-17(3,4)5)8-21-15-13(18)6-12(20)7-14(15)19/h6-7,10-11,21H,8-9H2,1-5H3,(H,22,23). The first-order valence-corrected chi connectivity index (χ1v) is 8.60. The van der Waals surface area contributed by atoms with Crippen LogP contribution in [0, 0.1) is 17.7 Å². The second-order valence-corrected chi connectivity index (χ2v) is 7.83. The summed E-state index contributed by atoms with van der Waals surface area (Å²) in [6.07, 6.45) is -0.453. The van der Waals surface area contributed by atoms with Crippen molar-refractivity contribution in [1.82, 2.24) is 5.32 Å². The average molecular weight is 379 g/mol.